The first-order valence-corrected chi connectivity index (χ1v) is 12.3. The van der Waals surface area contributed by atoms with Gasteiger partial charge in [-0.15, -0.1) is 0 Å². The molecule has 186 valence electrons. The summed E-state index contributed by atoms with van der Waals surface area (Å²) in [4.78, 5) is 43.0. The lowest BCUT2D eigenvalue weighted by molar-refractivity contribution is -0.384. The lowest BCUT2D eigenvalue weighted by Gasteiger charge is -2.22. The highest BCUT2D eigenvalue weighted by Gasteiger charge is 2.48. The molecule has 4 aromatic rings. The van der Waals surface area contributed by atoms with Crippen LogP contribution < -0.4 is 9.64 Å². The van der Waals surface area contributed by atoms with Crippen molar-refractivity contribution in [2.75, 3.05) is 11.5 Å². The largest absolute Gasteiger partial charge is 0.507 e. The van der Waals surface area contributed by atoms with E-state index in [4.69, 9.17) is 16.3 Å². The number of rotatable bonds is 6. The van der Waals surface area contributed by atoms with Crippen molar-refractivity contribution in [2.45, 2.75) is 13.0 Å². The standard InChI is InChI=1S/C26H18ClN3O6S/c1-2-36-18-10-5-15(6-11-18)23(31)21-22(14-3-8-17(9-4-14)30(34)35)29(25(33)24(21)32)26-28-19-12-7-16(27)13-20(19)37-26/h3-13,22,31H,2H2,1H3. The van der Waals surface area contributed by atoms with Gasteiger partial charge in [0.1, 0.15) is 11.5 Å². The van der Waals surface area contributed by atoms with Crippen molar-refractivity contribution < 1.29 is 24.4 Å². The summed E-state index contributed by atoms with van der Waals surface area (Å²) in [5.41, 5.74) is 0.987. The molecule has 9 nitrogen and oxygen atoms in total. The minimum atomic E-state index is -1.07. The molecule has 1 aromatic heterocycles. The van der Waals surface area contributed by atoms with E-state index in [2.05, 4.69) is 4.98 Å². The topological polar surface area (TPSA) is 123 Å². The van der Waals surface area contributed by atoms with Crippen LogP contribution in [0.15, 0.2) is 72.3 Å². The molecule has 0 radical (unpaired) electrons. The quantitative estimate of drug-likeness (QED) is 0.107. The van der Waals surface area contributed by atoms with E-state index in [0.717, 1.165) is 0 Å². The van der Waals surface area contributed by atoms with Gasteiger partial charge in [0.25, 0.3) is 11.5 Å². The number of aliphatic hydroxyl groups excluding tert-OH is 1. The van der Waals surface area contributed by atoms with Crippen molar-refractivity contribution in [1.29, 1.82) is 0 Å². The van der Waals surface area contributed by atoms with Gasteiger partial charge in [0, 0.05) is 22.7 Å². The Morgan fingerprint density at radius 1 is 1.14 bits per heavy atom. The Hall–Kier alpha value is -4.28. The predicted molar refractivity (Wildman–Crippen MR) is 140 cm³/mol. The molecule has 0 spiro atoms. The van der Waals surface area contributed by atoms with Gasteiger partial charge in [0.2, 0.25) is 0 Å². The molecule has 0 bridgehead atoms. The fourth-order valence-corrected chi connectivity index (χ4v) is 5.41. The van der Waals surface area contributed by atoms with Crippen molar-refractivity contribution in [1.82, 2.24) is 4.98 Å². The fraction of sp³-hybridized carbons (Fsp3) is 0.115. The molecule has 1 aliphatic rings. The Balaban J connectivity index is 1.68. The number of Topliss-reactive ketones (excluding diaryl/α,β-unsaturated/α-hetero) is 1. The number of nitrogens with zero attached hydrogens (tertiary/aromatic N) is 3. The Morgan fingerprint density at radius 2 is 1.84 bits per heavy atom. The fourth-order valence-electron chi connectivity index (χ4n) is 4.14. The third-order valence-electron chi connectivity index (χ3n) is 5.85. The van der Waals surface area contributed by atoms with Crippen molar-refractivity contribution in [3.8, 4) is 5.75 Å². The van der Waals surface area contributed by atoms with Crippen LogP contribution in [0.3, 0.4) is 0 Å². The number of non-ortho nitro benzene ring substituents is 1. The van der Waals surface area contributed by atoms with Gasteiger partial charge in [-0.1, -0.05) is 22.9 Å². The van der Waals surface area contributed by atoms with Gasteiger partial charge >= 0.3 is 5.91 Å². The number of aliphatic hydroxyl groups is 1. The SMILES string of the molecule is CCOc1ccc(C(O)=C2C(=O)C(=O)N(c3nc4ccc(Cl)cc4s3)C2c2ccc([N+](=O)[O-])cc2)cc1. The van der Waals surface area contributed by atoms with E-state index in [1.807, 2.05) is 6.92 Å². The van der Waals surface area contributed by atoms with Crippen LogP contribution in [0.5, 0.6) is 5.75 Å². The van der Waals surface area contributed by atoms with Gasteiger partial charge in [-0.25, -0.2) is 4.98 Å². The van der Waals surface area contributed by atoms with E-state index in [1.165, 1.54) is 40.5 Å². The first-order valence-electron chi connectivity index (χ1n) is 11.1. The third kappa shape index (κ3) is 4.41. The summed E-state index contributed by atoms with van der Waals surface area (Å²) in [7, 11) is 0. The predicted octanol–water partition coefficient (Wildman–Crippen LogP) is 5.88. The lowest BCUT2D eigenvalue weighted by atomic mass is 9.95. The van der Waals surface area contributed by atoms with Crippen LogP contribution in [-0.4, -0.2) is 33.3 Å². The van der Waals surface area contributed by atoms with Gasteiger partial charge in [-0.3, -0.25) is 24.6 Å². The van der Waals surface area contributed by atoms with Gasteiger partial charge in [-0.05, 0) is 67.1 Å². The number of amides is 1. The molecule has 2 heterocycles. The average Bonchev–Trinajstić information content (AvgIpc) is 3.42. The summed E-state index contributed by atoms with van der Waals surface area (Å²) in [6.07, 6.45) is 0. The summed E-state index contributed by atoms with van der Waals surface area (Å²) in [6.45, 7) is 2.31. The van der Waals surface area contributed by atoms with Crippen LogP contribution in [0.2, 0.25) is 5.02 Å². The maximum atomic E-state index is 13.3. The van der Waals surface area contributed by atoms with Gasteiger partial charge in [0.15, 0.2) is 5.13 Å². The summed E-state index contributed by atoms with van der Waals surface area (Å²) in [5.74, 6) is -1.57. The van der Waals surface area contributed by atoms with Crippen LogP contribution in [0.1, 0.15) is 24.1 Å². The summed E-state index contributed by atoms with van der Waals surface area (Å²) < 4.78 is 6.15. The minimum absolute atomic E-state index is 0.151. The van der Waals surface area contributed by atoms with E-state index >= 15 is 0 Å². The minimum Gasteiger partial charge on any atom is -0.507 e. The average molecular weight is 536 g/mol. The molecule has 1 fully saturated rings. The zero-order valence-corrected chi connectivity index (χ0v) is 20.8. The molecule has 0 saturated carbocycles. The first-order chi connectivity index (χ1) is 17.8. The number of ether oxygens (including phenoxy) is 1. The molecule has 1 atom stereocenters. The number of halogens is 1. The second-order valence-electron chi connectivity index (χ2n) is 8.08. The smallest absolute Gasteiger partial charge is 0.301 e. The second kappa shape index (κ2) is 9.64. The Morgan fingerprint density at radius 3 is 2.49 bits per heavy atom. The van der Waals surface area contributed by atoms with Crippen LogP contribution in [0, 0.1) is 10.1 Å². The number of hydrogen-bond acceptors (Lipinski definition) is 8. The monoisotopic (exact) mass is 535 g/mol. The third-order valence-corrected chi connectivity index (χ3v) is 7.10. The van der Waals surface area contributed by atoms with Crippen LogP contribution in [0.4, 0.5) is 10.8 Å². The number of aromatic nitrogens is 1. The molecule has 3 aromatic carbocycles. The molecule has 5 rings (SSSR count). The summed E-state index contributed by atoms with van der Waals surface area (Å²) in [5, 5.41) is 23.2. The van der Waals surface area contributed by atoms with Crippen molar-refractivity contribution in [3.63, 3.8) is 0 Å². The van der Waals surface area contributed by atoms with E-state index in [1.54, 1.807) is 42.5 Å². The van der Waals surface area contributed by atoms with Crippen molar-refractivity contribution in [3.05, 3.63) is 98.6 Å². The molecular formula is C26H18ClN3O6S. The zero-order chi connectivity index (χ0) is 26.3. The van der Waals surface area contributed by atoms with Crippen molar-refractivity contribution >= 4 is 61.4 Å². The Kier molecular flexibility index (Phi) is 6.36. The molecule has 1 amide bonds. The number of nitro groups is 1. The van der Waals surface area contributed by atoms with Gasteiger partial charge < -0.3 is 9.84 Å². The van der Waals surface area contributed by atoms with Crippen LogP contribution in [0.25, 0.3) is 16.0 Å². The number of thiazole rings is 1. The molecule has 1 N–H and O–H groups in total. The van der Waals surface area contributed by atoms with E-state index in [0.29, 0.717) is 38.7 Å². The maximum absolute atomic E-state index is 13.3. The number of hydrogen-bond donors (Lipinski definition) is 1. The number of nitro benzene ring substituents is 1. The normalized spacial score (nSPS) is 16.9. The maximum Gasteiger partial charge on any atom is 0.301 e. The van der Waals surface area contributed by atoms with Gasteiger partial charge in [-0.2, -0.15) is 0 Å². The molecule has 1 unspecified atom stereocenters. The Bertz CT molecular complexity index is 1580. The number of anilines is 1. The van der Waals surface area contributed by atoms with Gasteiger partial charge in [0.05, 0.1) is 33.4 Å². The highest BCUT2D eigenvalue weighted by Crippen LogP contribution is 2.44. The number of ketones is 1. The van der Waals surface area contributed by atoms with Crippen molar-refractivity contribution in [2.24, 2.45) is 0 Å². The first kappa shape index (κ1) is 24.4. The molecule has 1 aliphatic heterocycles. The Labute approximate surface area is 219 Å². The van der Waals surface area contributed by atoms with Crippen LogP contribution >= 0.6 is 22.9 Å². The molecule has 37 heavy (non-hydrogen) atoms. The molecule has 11 heteroatoms. The number of carbonyl (C=O) groups is 2. The number of carbonyl (C=O) groups excluding carboxylic acids is 2. The zero-order valence-electron chi connectivity index (χ0n) is 19.3. The summed E-state index contributed by atoms with van der Waals surface area (Å²) in [6, 6.07) is 15.9. The van der Waals surface area contributed by atoms with E-state index < -0.39 is 22.7 Å². The van der Waals surface area contributed by atoms with E-state index in [-0.39, 0.29) is 22.2 Å². The number of benzene rings is 3. The molecular weight excluding hydrogens is 518 g/mol. The highest BCUT2D eigenvalue weighted by atomic mass is 35.5. The molecule has 1 saturated heterocycles. The lowest BCUT2D eigenvalue weighted by Crippen LogP contribution is -2.29. The van der Waals surface area contributed by atoms with E-state index in [9.17, 15) is 24.8 Å². The molecule has 0 aliphatic carbocycles. The number of fused-ring (bicyclic) bond motifs is 1. The van der Waals surface area contributed by atoms with Crippen LogP contribution in [-0.2, 0) is 9.59 Å². The summed E-state index contributed by atoms with van der Waals surface area (Å²) >= 11 is 7.27. The second-order valence-corrected chi connectivity index (χ2v) is 9.53. The highest BCUT2D eigenvalue weighted by molar-refractivity contribution is 7.22.